The summed E-state index contributed by atoms with van der Waals surface area (Å²) in [5.74, 6) is 2.21. The van der Waals surface area contributed by atoms with Gasteiger partial charge in [0.15, 0.2) is 5.82 Å². The molecule has 0 saturated carbocycles. The van der Waals surface area contributed by atoms with Gasteiger partial charge >= 0.3 is 0 Å². The van der Waals surface area contributed by atoms with Gasteiger partial charge in [-0.15, -0.1) is 0 Å². The fraction of sp³-hybridized carbons (Fsp3) is 0.667. The molecular formula is C12H22N4O2. The lowest BCUT2D eigenvalue weighted by Crippen LogP contribution is -2.25. The molecule has 1 rings (SSSR count). The number of aromatic nitrogens is 2. The van der Waals surface area contributed by atoms with E-state index in [0.717, 1.165) is 5.82 Å². The van der Waals surface area contributed by atoms with Crippen molar-refractivity contribution in [2.45, 2.75) is 26.6 Å². The van der Waals surface area contributed by atoms with Crippen molar-refractivity contribution in [3.05, 3.63) is 11.9 Å². The highest BCUT2D eigenvalue weighted by molar-refractivity contribution is 5.47. The average Bonchev–Trinajstić information content (AvgIpc) is 2.35. The molecule has 0 radical (unpaired) electrons. The number of hydrogen-bond acceptors (Lipinski definition) is 6. The lowest BCUT2D eigenvalue weighted by atomic mass is 10.1. The van der Waals surface area contributed by atoms with Crippen molar-refractivity contribution >= 4 is 11.6 Å². The van der Waals surface area contributed by atoms with Gasteiger partial charge < -0.3 is 20.5 Å². The molecule has 0 amide bonds. The van der Waals surface area contributed by atoms with Crippen LogP contribution in [0.15, 0.2) is 6.07 Å². The fourth-order valence-electron chi connectivity index (χ4n) is 1.35. The Morgan fingerprint density at radius 3 is 2.56 bits per heavy atom. The molecule has 6 nitrogen and oxygen atoms in total. The third kappa shape index (κ3) is 4.46. The normalized spacial score (nSPS) is 12.6. The second-order valence-corrected chi connectivity index (χ2v) is 4.43. The van der Waals surface area contributed by atoms with E-state index in [2.05, 4.69) is 20.6 Å². The highest BCUT2D eigenvalue weighted by Crippen LogP contribution is 2.12. The van der Waals surface area contributed by atoms with Crippen molar-refractivity contribution in [2.75, 3.05) is 31.3 Å². The Morgan fingerprint density at radius 1 is 1.33 bits per heavy atom. The van der Waals surface area contributed by atoms with Gasteiger partial charge in [-0.05, 0) is 5.92 Å². The minimum atomic E-state index is -0.399. The highest BCUT2D eigenvalue weighted by atomic mass is 16.5. The van der Waals surface area contributed by atoms with E-state index in [9.17, 15) is 5.11 Å². The van der Waals surface area contributed by atoms with Crippen molar-refractivity contribution in [2.24, 2.45) is 5.92 Å². The molecular weight excluding hydrogens is 232 g/mol. The first-order valence-corrected chi connectivity index (χ1v) is 6.03. The lowest BCUT2D eigenvalue weighted by Gasteiger charge is -2.16. The first kappa shape index (κ1) is 14.7. The number of nitrogens with zero attached hydrogens (tertiary/aromatic N) is 2. The van der Waals surface area contributed by atoms with Gasteiger partial charge in [0.1, 0.15) is 18.2 Å². The third-order valence-electron chi connectivity index (χ3n) is 2.56. The van der Waals surface area contributed by atoms with E-state index in [0.29, 0.717) is 24.8 Å². The van der Waals surface area contributed by atoms with Crippen molar-refractivity contribution in [1.29, 1.82) is 0 Å². The van der Waals surface area contributed by atoms with Crippen LogP contribution in [-0.4, -0.2) is 41.9 Å². The van der Waals surface area contributed by atoms with Crippen LogP contribution in [0.3, 0.4) is 0 Å². The fourth-order valence-corrected chi connectivity index (χ4v) is 1.35. The molecule has 6 heteroatoms. The molecule has 0 aliphatic rings. The summed E-state index contributed by atoms with van der Waals surface area (Å²) in [6.45, 7) is 4.77. The van der Waals surface area contributed by atoms with Crippen molar-refractivity contribution in [3.63, 3.8) is 0 Å². The summed E-state index contributed by atoms with van der Waals surface area (Å²) in [5, 5.41) is 15.8. The van der Waals surface area contributed by atoms with Gasteiger partial charge in [-0.2, -0.15) is 0 Å². The number of rotatable bonds is 7. The summed E-state index contributed by atoms with van der Waals surface area (Å²) >= 11 is 0. The SMILES string of the molecule is CNc1cc(NCC(O)C(C)C)nc(COC)n1. The standard InChI is InChI=1S/C12H22N4O2/c1-8(2)9(17)6-14-11-5-10(13-3)15-12(16-11)7-18-4/h5,8-9,17H,6-7H2,1-4H3,(H2,13,14,15,16). The van der Waals surface area contributed by atoms with Gasteiger partial charge in [-0.25, -0.2) is 9.97 Å². The molecule has 1 aromatic rings. The Hall–Kier alpha value is -1.40. The number of anilines is 2. The van der Waals surface area contributed by atoms with E-state index in [1.165, 1.54) is 0 Å². The summed E-state index contributed by atoms with van der Waals surface area (Å²) in [4.78, 5) is 8.56. The molecule has 0 saturated heterocycles. The van der Waals surface area contributed by atoms with Gasteiger partial charge in [0.05, 0.1) is 6.10 Å². The highest BCUT2D eigenvalue weighted by Gasteiger charge is 2.10. The Balaban J connectivity index is 2.71. The Morgan fingerprint density at radius 2 is 2.00 bits per heavy atom. The molecule has 0 spiro atoms. The van der Waals surface area contributed by atoms with Crippen LogP contribution >= 0.6 is 0 Å². The summed E-state index contributed by atoms with van der Waals surface area (Å²) in [6.07, 6.45) is -0.399. The van der Waals surface area contributed by atoms with Crippen LogP contribution in [0.1, 0.15) is 19.7 Å². The monoisotopic (exact) mass is 254 g/mol. The zero-order valence-corrected chi connectivity index (χ0v) is 11.4. The molecule has 3 N–H and O–H groups in total. The summed E-state index contributed by atoms with van der Waals surface area (Å²) in [5.41, 5.74) is 0. The van der Waals surface area contributed by atoms with Gasteiger partial charge in [-0.1, -0.05) is 13.8 Å². The minimum absolute atomic E-state index is 0.210. The minimum Gasteiger partial charge on any atom is -0.391 e. The van der Waals surface area contributed by atoms with Gasteiger partial charge in [0.2, 0.25) is 0 Å². The molecule has 1 atom stereocenters. The maximum Gasteiger partial charge on any atom is 0.158 e. The predicted octanol–water partition coefficient (Wildman–Crippen LogP) is 1.09. The van der Waals surface area contributed by atoms with Gasteiger partial charge in [0.25, 0.3) is 0 Å². The van der Waals surface area contributed by atoms with E-state index in [4.69, 9.17) is 4.74 Å². The first-order chi connectivity index (χ1) is 8.56. The number of aliphatic hydroxyl groups excluding tert-OH is 1. The summed E-state index contributed by atoms with van der Waals surface area (Å²) in [6, 6.07) is 1.80. The maximum absolute atomic E-state index is 9.74. The van der Waals surface area contributed by atoms with Crippen molar-refractivity contribution in [1.82, 2.24) is 9.97 Å². The zero-order chi connectivity index (χ0) is 13.5. The topological polar surface area (TPSA) is 79.3 Å². The van der Waals surface area contributed by atoms with Gasteiger partial charge in [-0.3, -0.25) is 0 Å². The molecule has 0 aromatic carbocycles. The van der Waals surface area contributed by atoms with Crippen LogP contribution in [-0.2, 0) is 11.3 Å². The zero-order valence-electron chi connectivity index (χ0n) is 11.4. The molecule has 0 aliphatic carbocycles. The third-order valence-corrected chi connectivity index (χ3v) is 2.56. The molecule has 18 heavy (non-hydrogen) atoms. The Kier molecular flexibility index (Phi) is 5.80. The van der Waals surface area contributed by atoms with Crippen LogP contribution in [0.4, 0.5) is 11.6 Å². The Labute approximate surface area is 108 Å². The largest absolute Gasteiger partial charge is 0.391 e. The summed E-state index contributed by atoms with van der Waals surface area (Å²) in [7, 11) is 3.40. The van der Waals surface area contributed by atoms with E-state index in [1.807, 2.05) is 13.8 Å². The number of aliphatic hydroxyl groups is 1. The average molecular weight is 254 g/mol. The molecule has 102 valence electrons. The number of nitrogens with one attached hydrogen (secondary N) is 2. The summed E-state index contributed by atoms with van der Waals surface area (Å²) < 4.78 is 5.02. The lowest BCUT2D eigenvalue weighted by molar-refractivity contribution is 0.138. The van der Waals surface area contributed by atoms with E-state index >= 15 is 0 Å². The quantitative estimate of drug-likeness (QED) is 0.676. The number of hydrogen-bond donors (Lipinski definition) is 3. The van der Waals surface area contributed by atoms with Crippen molar-refractivity contribution < 1.29 is 9.84 Å². The molecule has 0 bridgehead atoms. The van der Waals surface area contributed by atoms with E-state index in [1.54, 1.807) is 20.2 Å². The van der Waals surface area contributed by atoms with Gasteiger partial charge in [0, 0.05) is 26.8 Å². The van der Waals surface area contributed by atoms with Crippen LogP contribution in [0.25, 0.3) is 0 Å². The van der Waals surface area contributed by atoms with Crippen LogP contribution in [0.2, 0.25) is 0 Å². The number of methoxy groups -OCH3 is 1. The molecule has 1 unspecified atom stereocenters. The van der Waals surface area contributed by atoms with E-state index in [-0.39, 0.29) is 5.92 Å². The van der Waals surface area contributed by atoms with Crippen molar-refractivity contribution in [3.8, 4) is 0 Å². The number of ether oxygens (including phenoxy) is 1. The first-order valence-electron chi connectivity index (χ1n) is 6.03. The molecule has 1 aromatic heterocycles. The smallest absolute Gasteiger partial charge is 0.158 e. The second-order valence-electron chi connectivity index (χ2n) is 4.43. The maximum atomic E-state index is 9.74. The van der Waals surface area contributed by atoms with Crippen LogP contribution in [0, 0.1) is 5.92 Å². The predicted molar refractivity (Wildman–Crippen MR) is 71.6 cm³/mol. The molecule has 1 heterocycles. The Bertz CT molecular complexity index is 371. The van der Waals surface area contributed by atoms with Crippen LogP contribution < -0.4 is 10.6 Å². The van der Waals surface area contributed by atoms with E-state index < -0.39 is 6.10 Å². The van der Waals surface area contributed by atoms with Crippen LogP contribution in [0.5, 0.6) is 0 Å². The molecule has 0 fully saturated rings. The second kappa shape index (κ2) is 7.13. The molecule has 0 aliphatic heterocycles.